The summed E-state index contributed by atoms with van der Waals surface area (Å²) >= 11 is 3.35. The van der Waals surface area contributed by atoms with Gasteiger partial charge in [-0.15, -0.1) is 0 Å². The van der Waals surface area contributed by atoms with Crippen LogP contribution in [-0.2, 0) is 4.84 Å². The Kier molecular flexibility index (Phi) is 2.80. The summed E-state index contributed by atoms with van der Waals surface area (Å²) < 4.78 is 0.990. The third kappa shape index (κ3) is 1.76. The molecule has 1 aromatic rings. The van der Waals surface area contributed by atoms with E-state index in [1.165, 1.54) is 0 Å². The van der Waals surface area contributed by atoms with Gasteiger partial charge in [-0.05, 0) is 22.0 Å². The van der Waals surface area contributed by atoms with E-state index < -0.39 is 0 Å². The Morgan fingerprint density at radius 3 is 3.10 bits per heavy atom. The topological polar surface area (TPSA) is 38.7 Å². The van der Waals surface area contributed by atoms with Gasteiger partial charge in [0.05, 0.1) is 17.8 Å². The van der Waals surface area contributed by atoms with E-state index in [1.807, 2.05) is 6.07 Å². The van der Waals surface area contributed by atoms with E-state index >= 15 is 0 Å². The molecule has 0 aliphatic carbocycles. The summed E-state index contributed by atoms with van der Waals surface area (Å²) in [6.45, 7) is 0. The molecule has 0 bridgehead atoms. The number of halogens is 1. The number of hydrogen-bond donors (Lipinski definition) is 1. The molecule has 0 aliphatic rings. The molecule has 1 aromatic heterocycles. The number of quaternary nitrogens is 1. The Hall–Kier alpha value is -0.450. The molecule has 4 heteroatoms. The zero-order valence-electron chi connectivity index (χ0n) is 5.54. The molecule has 0 amide bonds. The van der Waals surface area contributed by atoms with Crippen LogP contribution in [0.25, 0.3) is 0 Å². The second-order valence-electron chi connectivity index (χ2n) is 1.75. The van der Waals surface area contributed by atoms with Crippen molar-refractivity contribution >= 4 is 21.6 Å². The lowest BCUT2D eigenvalue weighted by molar-refractivity contribution is -0.830. The normalized spacial score (nSPS) is 9.80. The minimum atomic E-state index is 0.949. The summed E-state index contributed by atoms with van der Waals surface area (Å²) in [5.41, 5.74) is 2.59. The Labute approximate surface area is 67.5 Å². The number of aromatic nitrogens is 1. The smallest absolute Gasteiger partial charge is 0.194 e. The number of rotatable bonds is 2. The van der Waals surface area contributed by atoms with E-state index in [1.54, 1.807) is 25.0 Å². The van der Waals surface area contributed by atoms with E-state index in [2.05, 4.69) is 20.9 Å². The van der Waals surface area contributed by atoms with Crippen molar-refractivity contribution in [3.63, 3.8) is 0 Å². The highest BCUT2D eigenvalue weighted by atomic mass is 79.9. The standard InChI is InChI=1S/C6H7BrN2O/c1-10-9-6-4-8-3-2-5(6)7/h2-4,9H,1H3/p+1. The largest absolute Gasteiger partial charge is 0.258 e. The minimum Gasteiger partial charge on any atom is -0.258 e. The summed E-state index contributed by atoms with van der Waals surface area (Å²) in [6.07, 6.45) is 3.45. The van der Waals surface area contributed by atoms with Crippen LogP contribution in [0.1, 0.15) is 0 Å². The van der Waals surface area contributed by atoms with Gasteiger partial charge in [0.25, 0.3) is 0 Å². The zero-order chi connectivity index (χ0) is 7.40. The van der Waals surface area contributed by atoms with Crippen molar-refractivity contribution in [2.24, 2.45) is 0 Å². The van der Waals surface area contributed by atoms with Crippen molar-refractivity contribution in [3.8, 4) is 0 Å². The second-order valence-corrected chi connectivity index (χ2v) is 2.61. The fourth-order valence-electron chi connectivity index (χ4n) is 0.603. The zero-order valence-corrected chi connectivity index (χ0v) is 7.13. The number of hydrogen-bond acceptors (Lipinski definition) is 2. The molecule has 0 atom stereocenters. The van der Waals surface area contributed by atoms with Crippen LogP contribution in [0.4, 0.5) is 5.69 Å². The van der Waals surface area contributed by atoms with Crippen molar-refractivity contribution in [2.75, 3.05) is 7.11 Å². The average molecular weight is 204 g/mol. The number of pyridine rings is 1. The lowest BCUT2D eigenvalue weighted by atomic mass is 10.4. The molecular weight excluding hydrogens is 196 g/mol. The molecule has 2 N–H and O–H groups in total. The van der Waals surface area contributed by atoms with E-state index in [-0.39, 0.29) is 0 Å². The minimum absolute atomic E-state index is 0.949. The van der Waals surface area contributed by atoms with Gasteiger partial charge in [0, 0.05) is 6.20 Å². The van der Waals surface area contributed by atoms with Gasteiger partial charge >= 0.3 is 0 Å². The maximum atomic E-state index is 4.81. The quantitative estimate of drug-likeness (QED) is 0.716. The van der Waals surface area contributed by atoms with E-state index in [9.17, 15) is 0 Å². The van der Waals surface area contributed by atoms with Crippen molar-refractivity contribution in [1.82, 2.24) is 4.98 Å². The summed E-state index contributed by atoms with van der Waals surface area (Å²) in [6, 6.07) is 1.87. The van der Waals surface area contributed by atoms with Gasteiger partial charge in [0.2, 0.25) is 0 Å². The van der Waals surface area contributed by atoms with Crippen molar-refractivity contribution in [1.29, 1.82) is 0 Å². The van der Waals surface area contributed by atoms with Gasteiger partial charge in [-0.25, -0.2) is 4.84 Å². The van der Waals surface area contributed by atoms with Crippen LogP contribution in [0.3, 0.4) is 0 Å². The molecule has 0 saturated carbocycles. The highest BCUT2D eigenvalue weighted by Gasteiger charge is 2.00. The fraction of sp³-hybridized carbons (Fsp3) is 0.167. The van der Waals surface area contributed by atoms with Gasteiger partial charge in [0.1, 0.15) is 0 Å². The van der Waals surface area contributed by atoms with E-state index in [4.69, 9.17) is 4.84 Å². The van der Waals surface area contributed by atoms with E-state index in [0.717, 1.165) is 10.2 Å². The van der Waals surface area contributed by atoms with Crippen molar-refractivity contribution < 1.29 is 10.3 Å². The molecule has 3 nitrogen and oxygen atoms in total. The molecule has 1 rings (SSSR count). The number of nitrogens with two attached hydrogens (primary N) is 1. The molecule has 0 saturated heterocycles. The van der Waals surface area contributed by atoms with Gasteiger partial charge in [-0.1, -0.05) is 0 Å². The maximum Gasteiger partial charge on any atom is 0.194 e. The predicted molar refractivity (Wildman–Crippen MR) is 40.5 cm³/mol. The molecular formula is C6H8BrN2O+. The van der Waals surface area contributed by atoms with Gasteiger partial charge in [-0.2, -0.15) is 5.48 Å². The Morgan fingerprint density at radius 1 is 1.70 bits per heavy atom. The lowest BCUT2D eigenvalue weighted by Crippen LogP contribution is -2.76. The average Bonchev–Trinajstić information content (AvgIpc) is 1.94. The number of nitrogens with zero attached hydrogens (tertiary/aromatic N) is 1. The molecule has 10 heavy (non-hydrogen) atoms. The molecule has 0 aromatic carbocycles. The Balaban J connectivity index is 2.81. The summed E-state index contributed by atoms with van der Waals surface area (Å²) in [4.78, 5) is 8.74. The van der Waals surface area contributed by atoms with E-state index in [0.29, 0.717) is 0 Å². The molecule has 0 radical (unpaired) electrons. The van der Waals surface area contributed by atoms with Crippen LogP contribution in [0.2, 0.25) is 0 Å². The molecule has 1 heterocycles. The maximum absolute atomic E-state index is 4.81. The first-order valence-corrected chi connectivity index (χ1v) is 3.59. The molecule has 0 spiro atoms. The van der Waals surface area contributed by atoms with Crippen LogP contribution in [0.15, 0.2) is 22.9 Å². The van der Waals surface area contributed by atoms with Crippen LogP contribution in [0, 0.1) is 0 Å². The summed E-state index contributed by atoms with van der Waals surface area (Å²) in [5, 5.41) is 0. The predicted octanol–water partition coefficient (Wildman–Crippen LogP) is 0.600. The third-order valence-corrected chi connectivity index (χ3v) is 1.76. The molecule has 0 fully saturated rings. The molecule has 54 valence electrons. The van der Waals surface area contributed by atoms with Crippen LogP contribution < -0.4 is 5.48 Å². The summed E-state index contributed by atoms with van der Waals surface area (Å²) in [7, 11) is 1.61. The van der Waals surface area contributed by atoms with Crippen LogP contribution in [0.5, 0.6) is 0 Å². The summed E-state index contributed by atoms with van der Waals surface area (Å²) in [5.74, 6) is 0. The van der Waals surface area contributed by atoms with Gasteiger partial charge < -0.3 is 0 Å². The highest BCUT2D eigenvalue weighted by Crippen LogP contribution is 2.14. The third-order valence-electron chi connectivity index (χ3n) is 1.04. The monoisotopic (exact) mass is 203 g/mol. The SMILES string of the molecule is CO[NH2+]c1cnccc1Br. The second kappa shape index (κ2) is 3.65. The van der Waals surface area contributed by atoms with Crippen molar-refractivity contribution in [3.05, 3.63) is 22.9 Å². The first-order valence-electron chi connectivity index (χ1n) is 2.80. The fourth-order valence-corrected chi connectivity index (χ4v) is 0.917. The highest BCUT2D eigenvalue weighted by molar-refractivity contribution is 9.10. The first kappa shape index (κ1) is 7.65. The lowest BCUT2D eigenvalue weighted by Gasteiger charge is -1.96. The molecule has 0 unspecified atom stereocenters. The van der Waals surface area contributed by atoms with Crippen LogP contribution >= 0.6 is 15.9 Å². The van der Waals surface area contributed by atoms with Crippen LogP contribution in [-0.4, -0.2) is 12.1 Å². The Bertz CT molecular complexity index is 217. The van der Waals surface area contributed by atoms with Crippen molar-refractivity contribution in [2.45, 2.75) is 0 Å². The molecule has 0 aliphatic heterocycles. The first-order chi connectivity index (χ1) is 4.84. The Morgan fingerprint density at radius 2 is 2.50 bits per heavy atom. The van der Waals surface area contributed by atoms with Gasteiger partial charge in [-0.3, -0.25) is 4.98 Å². The van der Waals surface area contributed by atoms with Gasteiger partial charge in [0.15, 0.2) is 5.69 Å².